The Morgan fingerprint density at radius 3 is 1.65 bits per heavy atom. The van der Waals surface area contributed by atoms with Crippen molar-refractivity contribution in [1.29, 1.82) is 0 Å². The van der Waals surface area contributed by atoms with E-state index in [1.165, 1.54) is 12.8 Å². The Kier molecular flexibility index (Phi) is 7.49. The molecular formula is C19H38O. The minimum absolute atomic E-state index is 0.247. The second kappa shape index (κ2) is 7.61. The second-order valence-corrected chi connectivity index (χ2v) is 9.41. The minimum Gasteiger partial charge on any atom is -0.300 e. The molecule has 0 aromatic heterocycles. The Balaban J connectivity index is 4.46. The molecule has 0 bridgehead atoms. The highest BCUT2D eigenvalue weighted by atomic mass is 16.1. The van der Waals surface area contributed by atoms with Gasteiger partial charge in [-0.1, -0.05) is 55.4 Å². The largest absolute Gasteiger partial charge is 0.300 e. The molecule has 120 valence electrons. The summed E-state index contributed by atoms with van der Waals surface area (Å²) < 4.78 is 0. The van der Waals surface area contributed by atoms with E-state index in [4.69, 9.17) is 0 Å². The fourth-order valence-corrected chi connectivity index (χ4v) is 3.61. The highest BCUT2D eigenvalue weighted by molar-refractivity contribution is 5.78. The lowest BCUT2D eigenvalue weighted by atomic mass is 9.75. The fraction of sp³-hybridized carbons (Fsp3) is 0.947. The molecule has 1 heteroatoms. The van der Waals surface area contributed by atoms with Crippen molar-refractivity contribution in [2.45, 2.75) is 88.0 Å². The van der Waals surface area contributed by atoms with Gasteiger partial charge in [-0.05, 0) is 55.3 Å². The molecule has 0 saturated carbocycles. The second-order valence-electron chi connectivity index (χ2n) is 9.41. The summed E-state index contributed by atoms with van der Waals surface area (Å²) in [5.74, 6) is 1.83. The molecule has 1 nitrogen and oxygen atoms in total. The summed E-state index contributed by atoms with van der Waals surface area (Å²) in [4.78, 5) is 12.0. The average molecular weight is 283 g/mol. The topological polar surface area (TPSA) is 17.1 Å². The molecule has 0 aliphatic carbocycles. The van der Waals surface area contributed by atoms with E-state index < -0.39 is 0 Å². The summed E-state index contributed by atoms with van der Waals surface area (Å²) in [6, 6.07) is 0. The van der Waals surface area contributed by atoms with Gasteiger partial charge in [0.2, 0.25) is 0 Å². The van der Waals surface area contributed by atoms with Gasteiger partial charge in [0.15, 0.2) is 0 Å². The van der Waals surface area contributed by atoms with Crippen molar-refractivity contribution in [2.75, 3.05) is 0 Å². The van der Waals surface area contributed by atoms with Crippen molar-refractivity contribution in [3.63, 3.8) is 0 Å². The van der Waals surface area contributed by atoms with Crippen LogP contribution in [0.1, 0.15) is 88.0 Å². The minimum atomic E-state index is 0.247. The first-order valence-corrected chi connectivity index (χ1v) is 8.32. The lowest BCUT2D eigenvalue weighted by Gasteiger charge is -2.30. The molecule has 0 aliphatic heterocycles. The van der Waals surface area contributed by atoms with Gasteiger partial charge in [-0.15, -0.1) is 0 Å². The normalized spacial score (nSPS) is 17.6. The van der Waals surface area contributed by atoms with Crippen LogP contribution >= 0.6 is 0 Å². The van der Waals surface area contributed by atoms with Gasteiger partial charge in [0, 0.05) is 5.92 Å². The maximum atomic E-state index is 12.0. The molecule has 0 rings (SSSR count). The van der Waals surface area contributed by atoms with E-state index in [0.29, 0.717) is 28.4 Å². The number of hydrogen-bond donors (Lipinski definition) is 0. The molecule has 3 atom stereocenters. The maximum Gasteiger partial charge on any atom is 0.133 e. The van der Waals surface area contributed by atoms with Crippen molar-refractivity contribution in [1.82, 2.24) is 0 Å². The van der Waals surface area contributed by atoms with Gasteiger partial charge < -0.3 is 0 Å². The van der Waals surface area contributed by atoms with Crippen LogP contribution in [0, 0.1) is 28.6 Å². The van der Waals surface area contributed by atoms with Gasteiger partial charge in [-0.3, -0.25) is 4.79 Å². The van der Waals surface area contributed by atoms with Gasteiger partial charge in [0.05, 0.1) is 0 Å². The molecule has 20 heavy (non-hydrogen) atoms. The molecular weight excluding hydrogens is 244 g/mol. The standard InChI is InChI=1S/C19H38O/c1-14(12-18(4,5)6)10-11-17(16(3)20)15(2)13-19(7,8)9/h14-15,17H,10-13H2,1-9H3. The van der Waals surface area contributed by atoms with Crippen LogP contribution in [-0.4, -0.2) is 5.78 Å². The SMILES string of the molecule is CC(=O)C(CCC(C)CC(C)(C)C)C(C)CC(C)(C)C. The predicted octanol–water partition coefficient (Wildman–Crippen LogP) is 6.12. The molecule has 0 aromatic carbocycles. The smallest absolute Gasteiger partial charge is 0.133 e. The number of ketones is 1. The molecule has 0 spiro atoms. The van der Waals surface area contributed by atoms with E-state index in [0.717, 1.165) is 12.8 Å². The molecule has 3 unspecified atom stereocenters. The van der Waals surface area contributed by atoms with Crippen LogP contribution in [0.4, 0.5) is 0 Å². The summed E-state index contributed by atoms with van der Waals surface area (Å²) in [6.45, 7) is 20.1. The summed E-state index contributed by atoms with van der Waals surface area (Å²) in [5.41, 5.74) is 0.701. The monoisotopic (exact) mass is 282 g/mol. The molecule has 0 amide bonds. The van der Waals surface area contributed by atoms with E-state index in [-0.39, 0.29) is 5.92 Å². The quantitative estimate of drug-likeness (QED) is 0.550. The van der Waals surface area contributed by atoms with Gasteiger partial charge in [-0.25, -0.2) is 0 Å². The summed E-state index contributed by atoms with van der Waals surface area (Å²) >= 11 is 0. The number of Topliss-reactive ketones (excluding diaryl/α,β-unsaturated/α-hetero) is 1. The van der Waals surface area contributed by atoms with Crippen molar-refractivity contribution in [2.24, 2.45) is 28.6 Å². The number of rotatable bonds is 7. The van der Waals surface area contributed by atoms with Gasteiger partial charge in [0.25, 0.3) is 0 Å². The molecule has 0 aliphatic rings. The van der Waals surface area contributed by atoms with E-state index in [9.17, 15) is 4.79 Å². The van der Waals surface area contributed by atoms with Crippen molar-refractivity contribution < 1.29 is 4.79 Å². The van der Waals surface area contributed by atoms with Crippen LogP contribution in [0.3, 0.4) is 0 Å². The van der Waals surface area contributed by atoms with Crippen LogP contribution in [0.5, 0.6) is 0 Å². The van der Waals surface area contributed by atoms with Crippen LogP contribution in [-0.2, 0) is 4.79 Å². The Labute approximate surface area is 127 Å². The third-order valence-electron chi connectivity index (χ3n) is 4.07. The number of carbonyl (C=O) groups excluding carboxylic acids is 1. The fourth-order valence-electron chi connectivity index (χ4n) is 3.61. The van der Waals surface area contributed by atoms with E-state index in [2.05, 4.69) is 55.4 Å². The van der Waals surface area contributed by atoms with Crippen LogP contribution in [0.15, 0.2) is 0 Å². The third kappa shape index (κ3) is 9.55. The van der Waals surface area contributed by atoms with Crippen molar-refractivity contribution in [3.05, 3.63) is 0 Å². The van der Waals surface area contributed by atoms with Crippen molar-refractivity contribution >= 4 is 5.78 Å². The molecule has 0 N–H and O–H groups in total. The summed E-state index contributed by atoms with van der Waals surface area (Å²) in [6.07, 6.45) is 4.61. The first-order valence-electron chi connectivity index (χ1n) is 8.32. The van der Waals surface area contributed by atoms with E-state index in [1.54, 1.807) is 6.92 Å². The molecule has 0 aromatic rings. The molecule has 0 saturated heterocycles. The summed E-state index contributed by atoms with van der Waals surface area (Å²) in [5, 5.41) is 0. The Morgan fingerprint density at radius 1 is 0.850 bits per heavy atom. The van der Waals surface area contributed by atoms with Gasteiger partial charge in [0.1, 0.15) is 5.78 Å². The van der Waals surface area contributed by atoms with Gasteiger partial charge in [-0.2, -0.15) is 0 Å². The number of carbonyl (C=O) groups is 1. The number of hydrogen-bond acceptors (Lipinski definition) is 1. The highest BCUT2D eigenvalue weighted by Crippen LogP contribution is 2.33. The van der Waals surface area contributed by atoms with Crippen LogP contribution < -0.4 is 0 Å². The van der Waals surface area contributed by atoms with Crippen LogP contribution in [0.2, 0.25) is 0 Å². The zero-order chi connectivity index (χ0) is 16.1. The van der Waals surface area contributed by atoms with Crippen LogP contribution in [0.25, 0.3) is 0 Å². The van der Waals surface area contributed by atoms with E-state index >= 15 is 0 Å². The lowest BCUT2D eigenvalue weighted by molar-refractivity contribution is -0.122. The first-order chi connectivity index (χ1) is 8.82. The van der Waals surface area contributed by atoms with Gasteiger partial charge >= 0.3 is 0 Å². The molecule has 0 heterocycles. The third-order valence-corrected chi connectivity index (χ3v) is 4.07. The van der Waals surface area contributed by atoms with E-state index in [1.807, 2.05) is 0 Å². The zero-order valence-electron chi connectivity index (χ0n) is 15.5. The van der Waals surface area contributed by atoms with Crippen molar-refractivity contribution in [3.8, 4) is 0 Å². The zero-order valence-corrected chi connectivity index (χ0v) is 15.5. The maximum absolute atomic E-state index is 12.0. The average Bonchev–Trinajstić information content (AvgIpc) is 2.10. The molecule has 0 radical (unpaired) electrons. The summed E-state index contributed by atoms with van der Waals surface area (Å²) in [7, 11) is 0. The Morgan fingerprint density at radius 2 is 1.30 bits per heavy atom. The Hall–Kier alpha value is -0.330. The first kappa shape index (κ1) is 19.7. The highest BCUT2D eigenvalue weighted by Gasteiger charge is 2.27. The lowest BCUT2D eigenvalue weighted by Crippen LogP contribution is -2.25. The molecule has 0 fully saturated rings. The predicted molar refractivity (Wildman–Crippen MR) is 89.9 cm³/mol. The Bertz CT molecular complexity index is 290.